The van der Waals surface area contributed by atoms with Crippen LogP contribution in [0.5, 0.6) is 0 Å². The van der Waals surface area contributed by atoms with Gasteiger partial charge in [-0.3, -0.25) is 4.79 Å². The molecule has 1 heterocycles. The predicted octanol–water partition coefficient (Wildman–Crippen LogP) is 1.51. The van der Waals surface area contributed by atoms with Crippen LogP contribution >= 0.6 is 0 Å². The summed E-state index contributed by atoms with van der Waals surface area (Å²) < 4.78 is 5.14. The second kappa shape index (κ2) is 6.37. The second-order valence-electron chi connectivity index (χ2n) is 5.50. The minimum absolute atomic E-state index is 0.296. The van der Waals surface area contributed by atoms with Crippen molar-refractivity contribution in [2.45, 2.75) is 38.1 Å². The van der Waals surface area contributed by atoms with Crippen LogP contribution in [0.25, 0.3) is 0 Å². The van der Waals surface area contributed by atoms with Crippen molar-refractivity contribution in [1.82, 2.24) is 5.32 Å². The number of hydrogen-bond acceptors (Lipinski definition) is 4. The molecule has 1 saturated heterocycles. The standard InChI is InChI=1S/C16H24N2O2/c1-3-20-15(19)14(17)16(8-10-18-11-9-16)13-6-4-12(2)5-7-13/h4-7,14,18H,3,8-11,17H2,1-2H3. The van der Waals surface area contributed by atoms with Gasteiger partial charge in [-0.05, 0) is 45.3 Å². The Morgan fingerprint density at radius 1 is 1.35 bits per heavy atom. The summed E-state index contributed by atoms with van der Waals surface area (Å²) in [5.74, 6) is -0.296. The van der Waals surface area contributed by atoms with Gasteiger partial charge in [-0.25, -0.2) is 0 Å². The topological polar surface area (TPSA) is 64.3 Å². The van der Waals surface area contributed by atoms with Crippen LogP contribution in [0.15, 0.2) is 24.3 Å². The van der Waals surface area contributed by atoms with Crippen LogP contribution in [0.1, 0.15) is 30.9 Å². The number of benzene rings is 1. The van der Waals surface area contributed by atoms with Crippen LogP contribution in [-0.2, 0) is 14.9 Å². The number of carbonyl (C=O) groups excluding carboxylic acids is 1. The molecule has 1 aliphatic rings. The summed E-state index contributed by atoms with van der Waals surface area (Å²) in [6.07, 6.45) is 1.71. The molecule has 0 amide bonds. The van der Waals surface area contributed by atoms with E-state index in [-0.39, 0.29) is 11.4 Å². The highest BCUT2D eigenvalue weighted by Gasteiger charge is 2.43. The summed E-state index contributed by atoms with van der Waals surface area (Å²) >= 11 is 0. The van der Waals surface area contributed by atoms with Crippen LogP contribution < -0.4 is 11.1 Å². The van der Waals surface area contributed by atoms with Crippen molar-refractivity contribution < 1.29 is 9.53 Å². The Hall–Kier alpha value is -1.39. The lowest BCUT2D eigenvalue weighted by molar-refractivity contribution is -0.147. The molecule has 0 spiro atoms. The number of nitrogens with two attached hydrogens (primary N) is 1. The third-order valence-corrected chi connectivity index (χ3v) is 4.26. The van der Waals surface area contributed by atoms with E-state index in [9.17, 15) is 4.79 Å². The first-order chi connectivity index (χ1) is 9.60. The van der Waals surface area contributed by atoms with Gasteiger partial charge in [-0.1, -0.05) is 29.8 Å². The predicted molar refractivity (Wildman–Crippen MR) is 79.6 cm³/mol. The van der Waals surface area contributed by atoms with Crippen LogP contribution in [0.2, 0.25) is 0 Å². The first-order valence-electron chi connectivity index (χ1n) is 7.30. The summed E-state index contributed by atoms with van der Waals surface area (Å²) in [4.78, 5) is 12.1. The van der Waals surface area contributed by atoms with Crippen LogP contribution in [0.4, 0.5) is 0 Å². The van der Waals surface area contributed by atoms with Crippen molar-refractivity contribution in [2.24, 2.45) is 5.73 Å². The average Bonchev–Trinajstić information content (AvgIpc) is 2.48. The van der Waals surface area contributed by atoms with Crippen molar-refractivity contribution in [1.29, 1.82) is 0 Å². The maximum Gasteiger partial charge on any atom is 0.323 e. The molecule has 0 aromatic heterocycles. The zero-order chi connectivity index (χ0) is 14.6. The maximum atomic E-state index is 12.1. The Balaban J connectivity index is 2.34. The summed E-state index contributed by atoms with van der Waals surface area (Å²) in [5.41, 5.74) is 8.32. The lowest BCUT2D eigenvalue weighted by Gasteiger charge is -2.41. The lowest BCUT2D eigenvalue weighted by atomic mass is 9.68. The molecule has 1 aromatic carbocycles. The molecular weight excluding hydrogens is 252 g/mol. The number of aryl methyl sites for hydroxylation is 1. The first-order valence-corrected chi connectivity index (χ1v) is 7.30. The van der Waals surface area contributed by atoms with Gasteiger partial charge in [-0.15, -0.1) is 0 Å². The van der Waals surface area contributed by atoms with E-state index in [2.05, 4.69) is 36.5 Å². The van der Waals surface area contributed by atoms with E-state index in [1.165, 1.54) is 5.56 Å². The number of piperidine rings is 1. The van der Waals surface area contributed by atoms with Gasteiger partial charge >= 0.3 is 5.97 Å². The molecule has 1 fully saturated rings. The van der Waals surface area contributed by atoms with Gasteiger partial charge in [0, 0.05) is 5.41 Å². The zero-order valence-electron chi connectivity index (χ0n) is 12.3. The number of rotatable bonds is 4. The van der Waals surface area contributed by atoms with E-state index in [1.54, 1.807) is 0 Å². The minimum Gasteiger partial charge on any atom is -0.465 e. The third-order valence-electron chi connectivity index (χ3n) is 4.26. The number of carbonyl (C=O) groups is 1. The molecule has 3 N–H and O–H groups in total. The van der Waals surface area contributed by atoms with E-state index in [4.69, 9.17) is 10.5 Å². The van der Waals surface area contributed by atoms with Gasteiger partial charge in [0.2, 0.25) is 0 Å². The fraction of sp³-hybridized carbons (Fsp3) is 0.562. The van der Waals surface area contributed by atoms with Crippen LogP contribution in [0.3, 0.4) is 0 Å². The molecular formula is C16H24N2O2. The number of nitrogens with one attached hydrogen (secondary N) is 1. The Bertz CT molecular complexity index is 450. The summed E-state index contributed by atoms with van der Waals surface area (Å²) in [5, 5.41) is 3.34. The molecule has 110 valence electrons. The summed E-state index contributed by atoms with van der Waals surface area (Å²) in [6, 6.07) is 7.75. The Labute approximate surface area is 120 Å². The molecule has 1 atom stereocenters. The maximum absolute atomic E-state index is 12.1. The fourth-order valence-electron chi connectivity index (χ4n) is 3.00. The summed E-state index contributed by atoms with van der Waals surface area (Å²) in [7, 11) is 0. The highest BCUT2D eigenvalue weighted by Crippen LogP contribution is 2.36. The van der Waals surface area contributed by atoms with Gasteiger partial charge in [0.1, 0.15) is 6.04 Å². The van der Waals surface area contributed by atoms with Crippen molar-refractivity contribution >= 4 is 5.97 Å². The monoisotopic (exact) mass is 276 g/mol. The zero-order valence-corrected chi connectivity index (χ0v) is 12.3. The summed E-state index contributed by atoms with van der Waals surface area (Å²) in [6.45, 7) is 5.99. The molecule has 1 aromatic rings. The SMILES string of the molecule is CCOC(=O)C(N)C1(c2ccc(C)cc2)CCNCC1. The van der Waals surface area contributed by atoms with Crippen molar-refractivity contribution in [3.63, 3.8) is 0 Å². The van der Waals surface area contributed by atoms with Gasteiger partial charge in [0.05, 0.1) is 6.61 Å². The van der Waals surface area contributed by atoms with E-state index < -0.39 is 6.04 Å². The van der Waals surface area contributed by atoms with Crippen molar-refractivity contribution in [2.75, 3.05) is 19.7 Å². The molecule has 0 saturated carbocycles. The Kier molecular flexibility index (Phi) is 4.78. The van der Waals surface area contributed by atoms with Gasteiger partial charge < -0.3 is 15.8 Å². The molecule has 1 unspecified atom stereocenters. The van der Waals surface area contributed by atoms with Crippen molar-refractivity contribution in [3.8, 4) is 0 Å². The Morgan fingerprint density at radius 2 is 1.95 bits per heavy atom. The molecule has 0 radical (unpaired) electrons. The molecule has 2 rings (SSSR count). The average molecular weight is 276 g/mol. The van der Waals surface area contributed by atoms with E-state index >= 15 is 0 Å². The first kappa shape index (κ1) is 15.0. The molecule has 0 bridgehead atoms. The molecule has 4 nitrogen and oxygen atoms in total. The number of esters is 1. The van der Waals surface area contributed by atoms with Crippen LogP contribution in [-0.4, -0.2) is 31.7 Å². The highest BCUT2D eigenvalue weighted by molar-refractivity contribution is 5.78. The fourth-order valence-corrected chi connectivity index (χ4v) is 3.00. The molecule has 20 heavy (non-hydrogen) atoms. The number of ether oxygens (including phenoxy) is 1. The molecule has 1 aliphatic heterocycles. The minimum atomic E-state index is -0.604. The molecule has 0 aliphatic carbocycles. The van der Waals surface area contributed by atoms with E-state index in [0.29, 0.717) is 6.61 Å². The smallest absolute Gasteiger partial charge is 0.323 e. The van der Waals surface area contributed by atoms with Crippen LogP contribution in [0, 0.1) is 6.92 Å². The number of hydrogen-bond donors (Lipinski definition) is 2. The Morgan fingerprint density at radius 3 is 2.50 bits per heavy atom. The second-order valence-corrected chi connectivity index (χ2v) is 5.50. The third kappa shape index (κ3) is 2.86. The quantitative estimate of drug-likeness (QED) is 0.818. The van der Waals surface area contributed by atoms with Gasteiger partial charge in [0.15, 0.2) is 0 Å². The normalized spacial score (nSPS) is 19.4. The van der Waals surface area contributed by atoms with E-state index in [1.807, 2.05) is 6.92 Å². The van der Waals surface area contributed by atoms with E-state index in [0.717, 1.165) is 31.5 Å². The highest BCUT2D eigenvalue weighted by atomic mass is 16.5. The van der Waals surface area contributed by atoms with Gasteiger partial charge in [-0.2, -0.15) is 0 Å². The van der Waals surface area contributed by atoms with Crippen molar-refractivity contribution in [3.05, 3.63) is 35.4 Å². The molecule has 4 heteroatoms. The largest absolute Gasteiger partial charge is 0.465 e. The lowest BCUT2D eigenvalue weighted by Crippen LogP contribution is -2.55. The van der Waals surface area contributed by atoms with Gasteiger partial charge in [0.25, 0.3) is 0 Å².